The van der Waals surface area contributed by atoms with Gasteiger partial charge < -0.3 is 15.2 Å². The third kappa shape index (κ3) is 4.95. The second-order valence-electron chi connectivity index (χ2n) is 4.12. The fraction of sp³-hybridized carbons (Fsp3) is 0.143. The minimum atomic E-state index is -4.71. The van der Waals surface area contributed by atoms with Crippen molar-refractivity contribution in [3.8, 4) is 17.2 Å². The molecule has 0 aliphatic carbocycles. The van der Waals surface area contributed by atoms with Gasteiger partial charge in [-0.15, -0.1) is 13.2 Å². The fourth-order valence-corrected chi connectivity index (χ4v) is 2.16. The van der Waals surface area contributed by atoms with Crippen LogP contribution in [0.25, 0.3) is 0 Å². The van der Waals surface area contributed by atoms with Crippen LogP contribution in [0.4, 0.5) is 13.2 Å². The molecule has 0 amide bonds. The highest BCUT2D eigenvalue weighted by Crippen LogP contribution is 2.29. The summed E-state index contributed by atoms with van der Waals surface area (Å²) < 4.78 is 46.3. The Balaban J connectivity index is 2.11. The first-order valence-corrected chi connectivity index (χ1v) is 6.68. The Kier molecular flexibility index (Phi) is 4.74. The van der Waals surface area contributed by atoms with E-state index >= 15 is 0 Å². The van der Waals surface area contributed by atoms with Crippen molar-refractivity contribution in [2.45, 2.75) is 12.9 Å². The molecule has 2 aromatic carbocycles. The van der Waals surface area contributed by atoms with E-state index in [0.29, 0.717) is 18.0 Å². The highest BCUT2D eigenvalue weighted by Gasteiger charge is 2.30. The number of halogens is 4. The molecule has 21 heavy (non-hydrogen) atoms. The molecule has 0 spiro atoms. The Hall–Kier alpha value is -1.73. The molecule has 0 saturated carbocycles. The van der Waals surface area contributed by atoms with E-state index in [-0.39, 0.29) is 5.75 Å². The molecule has 7 heteroatoms. The fourth-order valence-electron chi connectivity index (χ4n) is 1.64. The van der Waals surface area contributed by atoms with Gasteiger partial charge in [0, 0.05) is 11.0 Å². The zero-order valence-corrected chi connectivity index (χ0v) is 12.2. The molecule has 0 aliphatic rings. The van der Waals surface area contributed by atoms with Gasteiger partial charge in [0.25, 0.3) is 0 Å². The quantitative estimate of drug-likeness (QED) is 0.865. The van der Waals surface area contributed by atoms with Crippen LogP contribution in [0.5, 0.6) is 17.2 Å². The largest absolute Gasteiger partial charge is 0.573 e. The Morgan fingerprint density at radius 1 is 0.952 bits per heavy atom. The van der Waals surface area contributed by atoms with Gasteiger partial charge in [-0.3, -0.25) is 0 Å². The Morgan fingerprint density at radius 2 is 1.57 bits per heavy atom. The summed E-state index contributed by atoms with van der Waals surface area (Å²) in [6, 6.07) is 10.5. The van der Waals surface area contributed by atoms with Crippen molar-refractivity contribution < 1.29 is 22.6 Å². The minimum Gasteiger partial charge on any atom is -0.457 e. The number of rotatable bonds is 4. The van der Waals surface area contributed by atoms with Crippen LogP contribution in [-0.2, 0) is 6.54 Å². The van der Waals surface area contributed by atoms with Crippen LogP contribution in [0, 0.1) is 0 Å². The molecule has 0 aromatic heterocycles. The molecule has 0 radical (unpaired) electrons. The predicted molar refractivity (Wildman–Crippen MR) is 75.2 cm³/mol. The topological polar surface area (TPSA) is 44.5 Å². The van der Waals surface area contributed by atoms with Gasteiger partial charge in [0.1, 0.15) is 17.2 Å². The molecule has 112 valence electrons. The van der Waals surface area contributed by atoms with Gasteiger partial charge in [0.15, 0.2) is 0 Å². The van der Waals surface area contributed by atoms with Crippen LogP contribution in [0.3, 0.4) is 0 Å². The number of hydrogen-bond donors (Lipinski definition) is 1. The molecule has 3 nitrogen and oxygen atoms in total. The first-order chi connectivity index (χ1) is 9.85. The summed E-state index contributed by atoms with van der Waals surface area (Å²) in [7, 11) is 0. The summed E-state index contributed by atoms with van der Waals surface area (Å²) in [6.07, 6.45) is -4.71. The second-order valence-corrected chi connectivity index (χ2v) is 5.04. The van der Waals surface area contributed by atoms with Crippen LogP contribution >= 0.6 is 15.9 Å². The van der Waals surface area contributed by atoms with E-state index in [1.54, 1.807) is 12.1 Å². The van der Waals surface area contributed by atoms with Crippen molar-refractivity contribution in [1.82, 2.24) is 0 Å². The average molecular weight is 362 g/mol. The standard InChI is InChI=1S/C14H11BrF3NO2/c15-10-5-9(8-19)6-13(7-10)20-11-1-3-12(4-2-11)21-14(16,17)18/h1-7H,8,19H2. The van der Waals surface area contributed by atoms with E-state index < -0.39 is 6.36 Å². The van der Waals surface area contributed by atoms with Crippen molar-refractivity contribution in [3.63, 3.8) is 0 Å². The predicted octanol–water partition coefficient (Wildman–Crippen LogP) is 4.60. The third-order valence-corrected chi connectivity index (χ3v) is 2.92. The van der Waals surface area contributed by atoms with Gasteiger partial charge in [-0.2, -0.15) is 0 Å². The number of ether oxygens (including phenoxy) is 2. The van der Waals surface area contributed by atoms with Gasteiger partial charge in [0.2, 0.25) is 0 Å². The summed E-state index contributed by atoms with van der Waals surface area (Å²) in [5.74, 6) is 0.631. The monoisotopic (exact) mass is 361 g/mol. The Bertz CT molecular complexity index is 615. The zero-order chi connectivity index (χ0) is 15.5. The van der Waals surface area contributed by atoms with Crippen LogP contribution in [-0.4, -0.2) is 6.36 Å². The van der Waals surface area contributed by atoms with E-state index in [9.17, 15) is 13.2 Å². The lowest BCUT2D eigenvalue weighted by Gasteiger charge is -2.11. The highest BCUT2D eigenvalue weighted by atomic mass is 79.9. The molecule has 2 rings (SSSR count). The molecular formula is C14H11BrF3NO2. The van der Waals surface area contributed by atoms with Gasteiger partial charge >= 0.3 is 6.36 Å². The number of benzene rings is 2. The molecule has 0 fully saturated rings. The first-order valence-electron chi connectivity index (χ1n) is 5.89. The van der Waals surface area contributed by atoms with Gasteiger partial charge in [-0.05, 0) is 48.0 Å². The van der Waals surface area contributed by atoms with Crippen molar-refractivity contribution in [3.05, 3.63) is 52.5 Å². The smallest absolute Gasteiger partial charge is 0.457 e. The summed E-state index contributed by atoms with van der Waals surface area (Å²) >= 11 is 3.33. The molecule has 2 N–H and O–H groups in total. The normalized spacial score (nSPS) is 11.3. The Morgan fingerprint density at radius 3 is 2.14 bits per heavy atom. The zero-order valence-electron chi connectivity index (χ0n) is 10.7. The number of nitrogens with two attached hydrogens (primary N) is 1. The molecule has 0 aliphatic heterocycles. The third-order valence-electron chi connectivity index (χ3n) is 2.46. The maximum absolute atomic E-state index is 12.0. The van der Waals surface area contributed by atoms with Gasteiger partial charge in [-0.1, -0.05) is 15.9 Å². The maximum atomic E-state index is 12.0. The van der Waals surface area contributed by atoms with Crippen molar-refractivity contribution in [2.24, 2.45) is 5.73 Å². The van der Waals surface area contributed by atoms with Crippen LogP contribution in [0.1, 0.15) is 5.56 Å². The summed E-state index contributed by atoms with van der Waals surface area (Å²) in [6.45, 7) is 0.355. The number of hydrogen-bond acceptors (Lipinski definition) is 3. The first kappa shape index (κ1) is 15.7. The average Bonchev–Trinajstić information content (AvgIpc) is 2.38. The summed E-state index contributed by atoms with van der Waals surface area (Å²) in [5.41, 5.74) is 6.43. The van der Waals surface area contributed by atoms with Crippen LogP contribution in [0.15, 0.2) is 46.9 Å². The van der Waals surface area contributed by atoms with Crippen molar-refractivity contribution in [2.75, 3.05) is 0 Å². The number of alkyl halides is 3. The highest BCUT2D eigenvalue weighted by molar-refractivity contribution is 9.10. The lowest BCUT2D eigenvalue weighted by Crippen LogP contribution is -2.16. The lowest BCUT2D eigenvalue weighted by atomic mass is 10.2. The lowest BCUT2D eigenvalue weighted by molar-refractivity contribution is -0.274. The summed E-state index contributed by atoms with van der Waals surface area (Å²) in [4.78, 5) is 0. The molecule has 0 atom stereocenters. The van der Waals surface area contributed by atoms with Crippen LogP contribution < -0.4 is 15.2 Å². The molecule has 0 heterocycles. The molecule has 2 aromatic rings. The SMILES string of the molecule is NCc1cc(Br)cc(Oc2ccc(OC(F)(F)F)cc2)c1. The van der Waals surface area contributed by atoms with E-state index in [1.807, 2.05) is 6.07 Å². The van der Waals surface area contributed by atoms with E-state index in [0.717, 1.165) is 10.0 Å². The Labute approximate surface area is 127 Å². The molecule has 0 bridgehead atoms. The van der Waals surface area contributed by atoms with Gasteiger partial charge in [-0.25, -0.2) is 0 Å². The van der Waals surface area contributed by atoms with E-state index in [4.69, 9.17) is 10.5 Å². The van der Waals surface area contributed by atoms with Crippen LogP contribution in [0.2, 0.25) is 0 Å². The maximum Gasteiger partial charge on any atom is 0.573 e. The second kappa shape index (κ2) is 6.36. The molecular weight excluding hydrogens is 351 g/mol. The van der Waals surface area contributed by atoms with Gasteiger partial charge in [0.05, 0.1) is 0 Å². The van der Waals surface area contributed by atoms with Crippen molar-refractivity contribution >= 4 is 15.9 Å². The molecule has 0 saturated heterocycles. The van der Waals surface area contributed by atoms with E-state index in [2.05, 4.69) is 20.7 Å². The van der Waals surface area contributed by atoms with Crippen molar-refractivity contribution in [1.29, 1.82) is 0 Å². The molecule has 0 unspecified atom stereocenters. The minimum absolute atomic E-state index is 0.299. The van der Waals surface area contributed by atoms with E-state index in [1.165, 1.54) is 24.3 Å². The summed E-state index contributed by atoms with van der Waals surface area (Å²) in [5, 5.41) is 0.